The first-order chi connectivity index (χ1) is 11.5. The van der Waals surface area contributed by atoms with Gasteiger partial charge in [-0.25, -0.2) is 0 Å². The summed E-state index contributed by atoms with van der Waals surface area (Å²) < 4.78 is 10.8. The Kier molecular flexibility index (Phi) is 6.87. The number of amides is 2. The van der Waals surface area contributed by atoms with E-state index in [1.165, 1.54) is 0 Å². The Morgan fingerprint density at radius 2 is 2.12 bits per heavy atom. The SMILES string of the molecule is CCN(CC)C(=O)COc1ccc(NC(=O)[C@@H]2CCCO2)cc1Cl. The average molecular weight is 355 g/mol. The Hall–Kier alpha value is -1.79. The second kappa shape index (κ2) is 8.89. The van der Waals surface area contributed by atoms with Crippen molar-refractivity contribution in [3.05, 3.63) is 23.2 Å². The molecule has 1 aromatic carbocycles. The van der Waals surface area contributed by atoms with Gasteiger partial charge in [-0.05, 0) is 44.9 Å². The van der Waals surface area contributed by atoms with Crippen molar-refractivity contribution < 1.29 is 19.1 Å². The second-order valence-corrected chi connectivity index (χ2v) is 5.90. The second-order valence-electron chi connectivity index (χ2n) is 5.49. The standard InChI is InChI=1S/C17H23ClN2O4/c1-3-20(4-2)16(21)11-24-14-8-7-12(10-13(14)18)19-17(22)15-6-5-9-23-15/h7-8,10,15H,3-6,9,11H2,1-2H3,(H,19,22)/t15-/m0/s1. The van der Waals surface area contributed by atoms with Crippen molar-refractivity contribution in [3.63, 3.8) is 0 Å². The molecule has 1 fully saturated rings. The van der Waals surface area contributed by atoms with Gasteiger partial charge in [-0.15, -0.1) is 0 Å². The van der Waals surface area contributed by atoms with E-state index in [2.05, 4.69) is 5.32 Å². The minimum absolute atomic E-state index is 0.0664. The minimum atomic E-state index is -0.397. The van der Waals surface area contributed by atoms with Gasteiger partial charge >= 0.3 is 0 Å². The summed E-state index contributed by atoms with van der Waals surface area (Å²) in [6, 6.07) is 4.94. The van der Waals surface area contributed by atoms with E-state index in [0.29, 0.717) is 36.2 Å². The molecule has 1 N–H and O–H groups in total. The van der Waals surface area contributed by atoms with Gasteiger partial charge in [-0.1, -0.05) is 11.6 Å². The van der Waals surface area contributed by atoms with Gasteiger partial charge in [0.2, 0.25) is 0 Å². The summed E-state index contributed by atoms with van der Waals surface area (Å²) in [5, 5.41) is 3.11. The largest absolute Gasteiger partial charge is 0.482 e. The average Bonchev–Trinajstić information content (AvgIpc) is 3.10. The molecule has 24 heavy (non-hydrogen) atoms. The number of ether oxygens (including phenoxy) is 2. The van der Waals surface area contributed by atoms with E-state index in [-0.39, 0.29) is 18.4 Å². The zero-order valence-electron chi connectivity index (χ0n) is 14.0. The molecule has 1 atom stereocenters. The lowest BCUT2D eigenvalue weighted by Crippen LogP contribution is -2.34. The molecule has 1 saturated heterocycles. The van der Waals surface area contributed by atoms with Crippen molar-refractivity contribution in [1.82, 2.24) is 4.90 Å². The Morgan fingerprint density at radius 3 is 2.71 bits per heavy atom. The maximum atomic E-state index is 12.0. The van der Waals surface area contributed by atoms with E-state index in [1.54, 1.807) is 23.1 Å². The van der Waals surface area contributed by atoms with Crippen LogP contribution in [0.3, 0.4) is 0 Å². The molecule has 0 aliphatic carbocycles. The smallest absolute Gasteiger partial charge is 0.260 e. The summed E-state index contributed by atoms with van der Waals surface area (Å²) in [5.41, 5.74) is 0.572. The van der Waals surface area contributed by atoms with Crippen molar-refractivity contribution >= 4 is 29.1 Å². The monoisotopic (exact) mass is 354 g/mol. The highest BCUT2D eigenvalue weighted by molar-refractivity contribution is 6.32. The fourth-order valence-corrected chi connectivity index (χ4v) is 2.75. The maximum absolute atomic E-state index is 12.0. The number of hydrogen-bond donors (Lipinski definition) is 1. The van der Waals surface area contributed by atoms with Crippen LogP contribution in [0.15, 0.2) is 18.2 Å². The summed E-state index contributed by atoms with van der Waals surface area (Å²) in [7, 11) is 0. The predicted octanol–water partition coefficient (Wildman–Crippen LogP) is 2.70. The molecule has 0 radical (unpaired) electrons. The first-order valence-electron chi connectivity index (χ1n) is 8.17. The van der Waals surface area contributed by atoms with Crippen LogP contribution >= 0.6 is 11.6 Å². The van der Waals surface area contributed by atoms with Crippen LogP contribution in [0.5, 0.6) is 5.75 Å². The molecular weight excluding hydrogens is 332 g/mol. The zero-order chi connectivity index (χ0) is 17.5. The normalized spacial score (nSPS) is 16.7. The Bertz CT molecular complexity index is 584. The van der Waals surface area contributed by atoms with E-state index in [1.807, 2.05) is 13.8 Å². The molecule has 0 unspecified atom stereocenters. The van der Waals surface area contributed by atoms with Crippen LogP contribution in [0.4, 0.5) is 5.69 Å². The highest BCUT2D eigenvalue weighted by Crippen LogP contribution is 2.28. The van der Waals surface area contributed by atoms with Gasteiger partial charge in [0.05, 0.1) is 5.02 Å². The van der Waals surface area contributed by atoms with Gasteiger partial charge < -0.3 is 19.7 Å². The van der Waals surface area contributed by atoms with Crippen molar-refractivity contribution in [3.8, 4) is 5.75 Å². The van der Waals surface area contributed by atoms with Crippen molar-refractivity contribution in [2.75, 3.05) is 31.6 Å². The fourth-order valence-electron chi connectivity index (χ4n) is 2.51. The summed E-state index contributed by atoms with van der Waals surface area (Å²) in [6.45, 7) is 5.66. The molecule has 2 amide bonds. The summed E-state index contributed by atoms with van der Waals surface area (Å²) in [4.78, 5) is 25.6. The molecule has 2 rings (SSSR count). The molecule has 1 aliphatic heterocycles. The molecule has 0 bridgehead atoms. The van der Waals surface area contributed by atoms with Gasteiger partial charge in [0.25, 0.3) is 11.8 Å². The number of carbonyl (C=O) groups excluding carboxylic acids is 2. The molecule has 0 saturated carbocycles. The summed E-state index contributed by atoms with van der Waals surface area (Å²) in [5.74, 6) is 0.146. The van der Waals surface area contributed by atoms with E-state index in [0.717, 1.165) is 12.8 Å². The third-order valence-corrected chi connectivity index (χ3v) is 4.18. The molecule has 0 aromatic heterocycles. The van der Waals surface area contributed by atoms with E-state index in [9.17, 15) is 9.59 Å². The van der Waals surface area contributed by atoms with Gasteiger partial charge in [0, 0.05) is 25.4 Å². The van der Waals surface area contributed by atoms with E-state index >= 15 is 0 Å². The third-order valence-electron chi connectivity index (χ3n) is 3.89. The zero-order valence-corrected chi connectivity index (χ0v) is 14.8. The Morgan fingerprint density at radius 1 is 1.38 bits per heavy atom. The van der Waals surface area contributed by atoms with E-state index in [4.69, 9.17) is 21.1 Å². The maximum Gasteiger partial charge on any atom is 0.260 e. The first kappa shape index (κ1) is 18.5. The number of benzene rings is 1. The van der Waals surface area contributed by atoms with E-state index < -0.39 is 6.10 Å². The number of halogens is 1. The number of hydrogen-bond acceptors (Lipinski definition) is 4. The Balaban J connectivity index is 1.91. The molecule has 1 aliphatic rings. The number of likely N-dealkylation sites (N-methyl/N-ethyl adjacent to an activating group) is 1. The van der Waals surface area contributed by atoms with Crippen LogP contribution in [-0.4, -0.2) is 49.1 Å². The van der Waals surface area contributed by atoms with Crippen LogP contribution in [-0.2, 0) is 14.3 Å². The molecular formula is C17H23ClN2O4. The summed E-state index contributed by atoms with van der Waals surface area (Å²) in [6.07, 6.45) is 1.23. The number of carbonyl (C=O) groups is 2. The molecule has 6 nitrogen and oxygen atoms in total. The van der Waals surface area contributed by atoms with Gasteiger partial charge in [-0.2, -0.15) is 0 Å². The number of rotatable bonds is 7. The van der Waals surface area contributed by atoms with Crippen LogP contribution in [0.1, 0.15) is 26.7 Å². The van der Waals surface area contributed by atoms with Crippen LogP contribution < -0.4 is 10.1 Å². The molecule has 132 valence electrons. The third kappa shape index (κ3) is 4.85. The molecule has 1 heterocycles. The van der Waals surface area contributed by atoms with Crippen LogP contribution in [0.2, 0.25) is 5.02 Å². The van der Waals surface area contributed by atoms with Crippen LogP contribution in [0.25, 0.3) is 0 Å². The lowest BCUT2D eigenvalue weighted by Gasteiger charge is -2.19. The predicted molar refractivity (Wildman–Crippen MR) is 92.5 cm³/mol. The lowest BCUT2D eigenvalue weighted by molar-refractivity contribution is -0.133. The first-order valence-corrected chi connectivity index (χ1v) is 8.55. The van der Waals surface area contributed by atoms with Gasteiger partial charge in [0.1, 0.15) is 11.9 Å². The molecule has 7 heteroatoms. The fraction of sp³-hybridized carbons (Fsp3) is 0.529. The number of nitrogens with one attached hydrogen (secondary N) is 1. The topological polar surface area (TPSA) is 67.9 Å². The van der Waals surface area contributed by atoms with Crippen molar-refractivity contribution in [2.24, 2.45) is 0 Å². The number of anilines is 1. The summed E-state index contributed by atoms with van der Waals surface area (Å²) >= 11 is 6.17. The van der Waals surface area contributed by atoms with Crippen molar-refractivity contribution in [1.29, 1.82) is 0 Å². The van der Waals surface area contributed by atoms with Gasteiger partial charge in [-0.3, -0.25) is 9.59 Å². The number of nitrogens with zero attached hydrogens (tertiary/aromatic N) is 1. The highest BCUT2D eigenvalue weighted by atomic mass is 35.5. The quantitative estimate of drug-likeness (QED) is 0.817. The highest BCUT2D eigenvalue weighted by Gasteiger charge is 2.23. The van der Waals surface area contributed by atoms with Crippen LogP contribution in [0, 0.1) is 0 Å². The molecule has 0 spiro atoms. The van der Waals surface area contributed by atoms with Crippen molar-refractivity contribution in [2.45, 2.75) is 32.8 Å². The lowest BCUT2D eigenvalue weighted by atomic mass is 10.2. The minimum Gasteiger partial charge on any atom is -0.482 e. The Labute approximate surface area is 147 Å². The van der Waals surface area contributed by atoms with Gasteiger partial charge in [0.15, 0.2) is 6.61 Å². The molecule has 1 aromatic rings.